The van der Waals surface area contributed by atoms with Gasteiger partial charge in [-0.15, -0.1) is 0 Å². The molecule has 2 aliphatic rings. The zero-order valence-electron chi connectivity index (χ0n) is 22.6. The predicted molar refractivity (Wildman–Crippen MR) is 162 cm³/mol. The molecule has 0 fully saturated rings. The Morgan fingerprint density at radius 2 is 1.34 bits per heavy atom. The predicted octanol–water partition coefficient (Wildman–Crippen LogP) is 8.00. The van der Waals surface area contributed by atoms with E-state index in [9.17, 15) is 0 Å². The SMILES string of the molecule is COc1ccc(C2=[N+]3C(=Nc4c(-c5ccccc5)cc(-c5ccc(C)cc5)n4[B-]3(F)F)C(c3ccccc3)=C2)cc1. The fraction of sp³-hybridized carbons (Fsp3) is 0.0588. The first-order valence-corrected chi connectivity index (χ1v) is 13.5. The van der Waals surface area contributed by atoms with Crippen molar-refractivity contribution >= 4 is 29.9 Å². The topological polar surface area (TPSA) is 29.5 Å². The lowest BCUT2D eigenvalue weighted by Crippen LogP contribution is -2.53. The summed E-state index contributed by atoms with van der Waals surface area (Å²) in [5, 5.41) is 0. The number of benzene rings is 4. The van der Waals surface area contributed by atoms with Gasteiger partial charge in [-0.1, -0.05) is 90.5 Å². The second-order valence-electron chi connectivity index (χ2n) is 10.3. The summed E-state index contributed by atoms with van der Waals surface area (Å²) < 4.78 is 42.1. The summed E-state index contributed by atoms with van der Waals surface area (Å²) in [7, 11) is 1.59. The number of fused-ring (bicyclic) bond motifs is 2. The van der Waals surface area contributed by atoms with Gasteiger partial charge >= 0.3 is 6.97 Å². The van der Waals surface area contributed by atoms with Gasteiger partial charge in [0.25, 0.3) is 5.84 Å². The lowest BCUT2D eigenvalue weighted by molar-refractivity contribution is -0.291. The van der Waals surface area contributed by atoms with Crippen molar-refractivity contribution in [1.82, 2.24) is 4.48 Å². The number of nitrogens with zero attached hydrogens (tertiary/aromatic N) is 3. The smallest absolute Gasteiger partial charge is 0.497 e. The minimum absolute atomic E-state index is 0.241. The summed E-state index contributed by atoms with van der Waals surface area (Å²) in [6.07, 6.45) is 1.83. The molecule has 0 atom stereocenters. The van der Waals surface area contributed by atoms with Crippen molar-refractivity contribution in [1.29, 1.82) is 0 Å². The van der Waals surface area contributed by atoms with Crippen LogP contribution in [0, 0.1) is 6.92 Å². The first-order valence-electron chi connectivity index (χ1n) is 13.5. The van der Waals surface area contributed by atoms with Gasteiger partial charge in [-0.05, 0) is 65.0 Å². The maximum Gasteiger partial charge on any atom is 0.642 e. The average molecular weight is 541 g/mol. The van der Waals surface area contributed by atoms with Crippen molar-refractivity contribution in [3.63, 3.8) is 0 Å². The van der Waals surface area contributed by atoms with Crippen LogP contribution < -0.4 is 4.74 Å². The van der Waals surface area contributed by atoms with Crippen LogP contribution in [-0.4, -0.2) is 34.6 Å². The van der Waals surface area contributed by atoms with Crippen LogP contribution in [-0.2, 0) is 0 Å². The Kier molecular flexibility index (Phi) is 5.82. The van der Waals surface area contributed by atoms with Gasteiger partial charge in [-0.25, -0.2) is 0 Å². The highest BCUT2D eigenvalue weighted by atomic mass is 19.2. The number of amidine groups is 1. The van der Waals surface area contributed by atoms with E-state index < -0.39 is 6.97 Å². The molecule has 0 saturated carbocycles. The normalized spacial score (nSPS) is 15.2. The minimum Gasteiger partial charge on any atom is -0.497 e. The molecule has 5 aromatic rings. The first kappa shape index (κ1) is 25.0. The number of aliphatic imine (C=N–C) groups is 1. The summed E-state index contributed by atoms with van der Waals surface area (Å²) in [5.74, 6) is 1.15. The maximum atomic E-state index is 17.3. The Morgan fingerprint density at radius 1 is 0.732 bits per heavy atom. The third-order valence-electron chi connectivity index (χ3n) is 7.76. The highest BCUT2D eigenvalue weighted by molar-refractivity contribution is 6.63. The molecular formula is C34H26BF2N3O. The monoisotopic (exact) mass is 541 g/mol. The molecule has 2 aliphatic heterocycles. The number of rotatable bonds is 5. The molecule has 0 N–H and O–H groups in total. The third-order valence-corrected chi connectivity index (χ3v) is 7.76. The fourth-order valence-corrected chi connectivity index (χ4v) is 5.69. The largest absolute Gasteiger partial charge is 0.642 e. The summed E-state index contributed by atoms with van der Waals surface area (Å²) in [5.41, 5.74) is 6.22. The van der Waals surface area contributed by atoms with Crippen LogP contribution in [0.25, 0.3) is 28.0 Å². The summed E-state index contributed by atoms with van der Waals surface area (Å²) in [6, 6.07) is 35.9. The van der Waals surface area contributed by atoms with Crippen LogP contribution in [0.15, 0.2) is 126 Å². The second-order valence-corrected chi connectivity index (χ2v) is 10.3. The van der Waals surface area contributed by atoms with E-state index in [1.54, 1.807) is 19.2 Å². The van der Waals surface area contributed by atoms with E-state index >= 15 is 8.63 Å². The number of allylic oxidation sites excluding steroid dienone is 1. The Labute approximate surface area is 237 Å². The standard InChI is InChI=1S/C34H26BF2N3O/c1-23-13-15-26(16-14-23)31-21-29(24-9-5-3-6-10-24)33-38-34-30(25-11-7-4-8-12-25)22-32(40(34)35(36,37)39(31)33)27-17-19-28(41-2)20-18-27/h3-22H,1-2H3. The van der Waals surface area contributed by atoms with E-state index in [1.807, 2.05) is 116 Å². The van der Waals surface area contributed by atoms with Gasteiger partial charge < -0.3 is 22.3 Å². The molecule has 3 heterocycles. The molecule has 0 radical (unpaired) electrons. The summed E-state index contributed by atoms with van der Waals surface area (Å²) in [4.78, 5) is 5.04. The zero-order chi connectivity index (χ0) is 28.1. The van der Waals surface area contributed by atoms with Crippen LogP contribution in [0.5, 0.6) is 5.75 Å². The molecule has 4 nitrogen and oxygen atoms in total. The number of hydrogen-bond acceptors (Lipinski definition) is 2. The van der Waals surface area contributed by atoms with Crippen LogP contribution in [0.1, 0.15) is 16.7 Å². The molecule has 0 saturated heterocycles. The van der Waals surface area contributed by atoms with Crippen LogP contribution >= 0.6 is 0 Å². The Balaban J connectivity index is 1.54. The van der Waals surface area contributed by atoms with Gasteiger partial charge in [0.1, 0.15) is 5.75 Å². The van der Waals surface area contributed by atoms with Crippen molar-refractivity contribution in [3.05, 3.63) is 138 Å². The van der Waals surface area contributed by atoms with E-state index in [-0.39, 0.29) is 11.7 Å². The van der Waals surface area contributed by atoms with Gasteiger partial charge in [0.05, 0.1) is 18.4 Å². The van der Waals surface area contributed by atoms with E-state index in [0.717, 1.165) is 25.7 Å². The van der Waals surface area contributed by atoms with Gasteiger partial charge in [0.15, 0.2) is 0 Å². The number of hydrogen-bond donors (Lipinski definition) is 0. The number of methoxy groups -OCH3 is 1. The lowest BCUT2D eigenvalue weighted by Gasteiger charge is -2.32. The molecule has 200 valence electrons. The lowest BCUT2D eigenvalue weighted by atomic mass is 9.90. The molecule has 0 aliphatic carbocycles. The molecule has 1 aromatic heterocycles. The molecule has 0 spiro atoms. The van der Waals surface area contributed by atoms with Crippen molar-refractivity contribution in [3.8, 4) is 28.1 Å². The molecule has 0 bridgehead atoms. The molecule has 4 aromatic carbocycles. The molecular weight excluding hydrogens is 515 g/mol. The van der Waals surface area contributed by atoms with Crippen molar-refractivity contribution < 1.29 is 17.9 Å². The average Bonchev–Trinajstić information content (AvgIpc) is 3.59. The van der Waals surface area contributed by atoms with Crippen LogP contribution in [0.4, 0.5) is 14.4 Å². The van der Waals surface area contributed by atoms with Crippen LogP contribution in [0.3, 0.4) is 0 Å². The number of ether oxygens (including phenoxy) is 1. The second kappa shape index (κ2) is 9.56. The van der Waals surface area contributed by atoms with Gasteiger partial charge in [-0.3, -0.25) is 0 Å². The Hall–Kier alpha value is -5.04. The third kappa shape index (κ3) is 4.04. The van der Waals surface area contributed by atoms with E-state index in [2.05, 4.69) is 0 Å². The maximum absolute atomic E-state index is 17.3. The molecule has 7 rings (SSSR count). The summed E-state index contributed by atoms with van der Waals surface area (Å²) in [6.45, 7) is -2.37. The molecule has 0 amide bonds. The number of aromatic nitrogens is 1. The Bertz CT molecular complexity index is 1870. The minimum atomic E-state index is -4.36. The summed E-state index contributed by atoms with van der Waals surface area (Å²) >= 11 is 0. The fourth-order valence-electron chi connectivity index (χ4n) is 5.69. The molecule has 0 unspecified atom stereocenters. The molecule has 7 heteroatoms. The van der Waals surface area contributed by atoms with E-state index in [4.69, 9.17) is 9.73 Å². The van der Waals surface area contributed by atoms with E-state index in [1.165, 1.54) is 0 Å². The number of aryl methyl sites for hydroxylation is 1. The van der Waals surface area contributed by atoms with Gasteiger partial charge in [-0.2, -0.15) is 0 Å². The van der Waals surface area contributed by atoms with Crippen molar-refractivity contribution in [2.24, 2.45) is 4.99 Å². The van der Waals surface area contributed by atoms with Gasteiger partial charge in [0, 0.05) is 16.8 Å². The van der Waals surface area contributed by atoms with Crippen molar-refractivity contribution in [2.75, 3.05) is 7.11 Å². The highest BCUT2D eigenvalue weighted by Crippen LogP contribution is 2.45. The highest BCUT2D eigenvalue weighted by Gasteiger charge is 2.53. The number of halogens is 2. The first-order chi connectivity index (χ1) is 20.0. The van der Waals surface area contributed by atoms with E-state index in [0.29, 0.717) is 39.4 Å². The van der Waals surface area contributed by atoms with Crippen LogP contribution in [0.2, 0.25) is 0 Å². The quantitative estimate of drug-likeness (QED) is 0.207. The van der Waals surface area contributed by atoms with Crippen molar-refractivity contribution in [2.45, 2.75) is 6.92 Å². The Morgan fingerprint density at radius 3 is 1.98 bits per heavy atom. The molecule has 41 heavy (non-hydrogen) atoms. The zero-order valence-corrected chi connectivity index (χ0v) is 22.6. The van der Waals surface area contributed by atoms with Gasteiger partial charge in [0.2, 0.25) is 5.82 Å².